The summed E-state index contributed by atoms with van der Waals surface area (Å²) in [6.45, 7) is 6.07. The summed E-state index contributed by atoms with van der Waals surface area (Å²) >= 11 is 0. The van der Waals surface area contributed by atoms with Crippen molar-refractivity contribution in [1.29, 1.82) is 0 Å². The molecule has 1 N–H and O–H groups in total. The van der Waals surface area contributed by atoms with Gasteiger partial charge in [-0.3, -0.25) is 9.59 Å². The highest BCUT2D eigenvalue weighted by Crippen LogP contribution is 2.17. The molecule has 0 aliphatic heterocycles. The molecule has 2 amide bonds. The highest BCUT2D eigenvalue weighted by molar-refractivity contribution is 5.87. The van der Waals surface area contributed by atoms with Crippen LogP contribution in [0.4, 0.5) is 4.39 Å². The smallest absolute Gasteiger partial charge is 0.261 e. The van der Waals surface area contributed by atoms with Gasteiger partial charge in [0.25, 0.3) is 5.91 Å². The van der Waals surface area contributed by atoms with Crippen molar-refractivity contribution in [1.82, 2.24) is 10.2 Å². The van der Waals surface area contributed by atoms with Crippen molar-refractivity contribution in [3.05, 3.63) is 65.5 Å². The summed E-state index contributed by atoms with van der Waals surface area (Å²) in [6, 6.07) is 12.9. The van der Waals surface area contributed by atoms with Gasteiger partial charge in [0.15, 0.2) is 18.2 Å². The van der Waals surface area contributed by atoms with Crippen LogP contribution in [0.2, 0.25) is 0 Å². The summed E-state index contributed by atoms with van der Waals surface area (Å²) in [5.74, 6) is -1.13. The van der Waals surface area contributed by atoms with E-state index in [0.29, 0.717) is 6.54 Å². The molecule has 0 radical (unpaired) electrons. The van der Waals surface area contributed by atoms with E-state index in [9.17, 15) is 14.0 Å². The first-order valence-corrected chi connectivity index (χ1v) is 9.43. The lowest BCUT2D eigenvalue weighted by Crippen LogP contribution is -2.49. The lowest BCUT2D eigenvalue weighted by molar-refractivity contribution is -0.142. The van der Waals surface area contributed by atoms with Crippen LogP contribution in [0, 0.1) is 12.7 Å². The number of aryl methyl sites for hydroxylation is 1. The van der Waals surface area contributed by atoms with E-state index in [1.807, 2.05) is 38.1 Å². The number of benzene rings is 2. The highest BCUT2D eigenvalue weighted by atomic mass is 19.1. The van der Waals surface area contributed by atoms with Crippen LogP contribution in [0.25, 0.3) is 0 Å². The minimum Gasteiger partial charge on any atom is -0.481 e. The molecule has 150 valence electrons. The van der Waals surface area contributed by atoms with E-state index >= 15 is 0 Å². The molecule has 0 aromatic heterocycles. The van der Waals surface area contributed by atoms with E-state index in [0.717, 1.165) is 17.5 Å². The molecule has 2 aromatic carbocycles. The first-order valence-electron chi connectivity index (χ1n) is 9.43. The van der Waals surface area contributed by atoms with E-state index in [1.165, 1.54) is 17.0 Å². The topological polar surface area (TPSA) is 58.6 Å². The quantitative estimate of drug-likeness (QED) is 0.718. The zero-order valence-electron chi connectivity index (χ0n) is 16.6. The van der Waals surface area contributed by atoms with Crippen molar-refractivity contribution in [3.8, 4) is 5.75 Å². The lowest BCUT2D eigenvalue weighted by atomic mass is 10.1. The Morgan fingerprint density at radius 3 is 2.50 bits per heavy atom. The van der Waals surface area contributed by atoms with Gasteiger partial charge in [0.1, 0.15) is 6.04 Å². The SMILES string of the molecule is CCCNC(=O)C(C)N(Cc1ccccc1C)C(=O)COc1ccccc1F. The average molecular weight is 386 g/mol. The van der Waals surface area contributed by atoms with Crippen molar-refractivity contribution in [3.63, 3.8) is 0 Å². The standard InChI is InChI=1S/C22H27FN2O3/c1-4-13-24-22(27)17(3)25(14-18-10-6-5-9-16(18)2)21(26)15-28-20-12-8-7-11-19(20)23/h5-12,17H,4,13-15H2,1-3H3,(H,24,27). The summed E-state index contributed by atoms with van der Waals surface area (Å²) in [7, 11) is 0. The highest BCUT2D eigenvalue weighted by Gasteiger charge is 2.26. The molecule has 0 aliphatic carbocycles. The summed E-state index contributed by atoms with van der Waals surface area (Å²) in [6.07, 6.45) is 0.806. The Balaban J connectivity index is 2.16. The zero-order valence-corrected chi connectivity index (χ0v) is 16.6. The number of hydrogen-bond acceptors (Lipinski definition) is 3. The molecule has 1 unspecified atom stereocenters. The zero-order chi connectivity index (χ0) is 20.5. The van der Waals surface area contributed by atoms with Crippen molar-refractivity contribution in [2.24, 2.45) is 0 Å². The molecule has 1 atom stereocenters. The summed E-state index contributed by atoms with van der Waals surface area (Å²) in [4.78, 5) is 26.8. The van der Waals surface area contributed by atoms with Crippen molar-refractivity contribution >= 4 is 11.8 Å². The fourth-order valence-corrected chi connectivity index (χ4v) is 2.73. The second kappa shape index (κ2) is 10.4. The van der Waals surface area contributed by atoms with Crippen molar-refractivity contribution in [2.45, 2.75) is 39.8 Å². The predicted molar refractivity (Wildman–Crippen MR) is 106 cm³/mol. The van der Waals surface area contributed by atoms with Crippen LogP contribution in [0.3, 0.4) is 0 Å². The maximum absolute atomic E-state index is 13.8. The molecular formula is C22H27FN2O3. The Bertz CT molecular complexity index is 810. The van der Waals surface area contributed by atoms with E-state index < -0.39 is 11.9 Å². The Kier molecular flexibility index (Phi) is 7.99. The van der Waals surface area contributed by atoms with E-state index in [4.69, 9.17) is 4.74 Å². The molecular weight excluding hydrogens is 359 g/mol. The Labute approximate surface area is 165 Å². The molecule has 0 spiro atoms. The monoisotopic (exact) mass is 386 g/mol. The largest absolute Gasteiger partial charge is 0.481 e. The molecule has 0 bridgehead atoms. The molecule has 2 aromatic rings. The van der Waals surface area contributed by atoms with Crippen LogP contribution in [-0.2, 0) is 16.1 Å². The van der Waals surface area contributed by atoms with E-state index in [1.54, 1.807) is 19.1 Å². The van der Waals surface area contributed by atoms with Gasteiger partial charge in [-0.15, -0.1) is 0 Å². The van der Waals surface area contributed by atoms with Gasteiger partial charge in [-0.1, -0.05) is 43.3 Å². The molecule has 6 heteroatoms. The number of hydrogen-bond donors (Lipinski definition) is 1. The summed E-state index contributed by atoms with van der Waals surface area (Å²) in [5, 5.41) is 2.82. The first-order chi connectivity index (χ1) is 13.4. The number of nitrogens with one attached hydrogen (secondary N) is 1. The second-order valence-corrected chi connectivity index (χ2v) is 6.63. The number of carbonyl (C=O) groups is 2. The van der Waals surface area contributed by atoms with E-state index in [-0.39, 0.29) is 30.7 Å². The van der Waals surface area contributed by atoms with Gasteiger partial charge in [0, 0.05) is 13.1 Å². The third-order valence-electron chi connectivity index (χ3n) is 4.51. The molecule has 0 heterocycles. The number of carbonyl (C=O) groups excluding carboxylic acids is 2. The lowest BCUT2D eigenvalue weighted by Gasteiger charge is -2.29. The third-order valence-corrected chi connectivity index (χ3v) is 4.51. The minimum absolute atomic E-state index is 0.00905. The number of nitrogens with zero attached hydrogens (tertiary/aromatic N) is 1. The maximum atomic E-state index is 13.8. The molecule has 0 saturated heterocycles. The molecule has 28 heavy (non-hydrogen) atoms. The van der Waals surface area contributed by atoms with Crippen LogP contribution < -0.4 is 10.1 Å². The Morgan fingerprint density at radius 1 is 1.14 bits per heavy atom. The van der Waals surface area contributed by atoms with Crippen LogP contribution in [0.5, 0.6) is 5.75 Å². The summed E-state index contributed by atoms with van der Waals surface area (Å²) < 4.78 is 19.1. The van der Waals surface area contributed by atoms with Gasteiger partial charge in [0.05, 0.1) is 0 Å². The minimum atomic E-state index is -0.678. The molecule has 0 aliphatic rings. The molecule has 2 rings (SSSR count). The number of ether oxygens (including phenoxy) is 1. The van der Waals surface area contributed by atoms with Gasteiger partial charge in [-0.2, -0.15) is 0 Å². The number of halogens is 1. The van der Waals surface area contributed by atoms with E-state index in [2.05, 4.69) is 5.32 Å². The van der Waals surface area contributed by atoms with Crippen LogP contribution in [-0.4, -0.2) is 35.9 Å². The van der Waals surface area contributed by atoms with Crippen molar-refractivity contribution < 1.29 is 18.7 Å². The van der Waals surface area contributed by atoms with Gasteiger partial charge in [-0.05, 0) is 43.5 Å². The fraction of sp³-hybridized carbons (Fsp3) is 0.364. The van der Waals surface area contributed by atoms with Crippen molar-refractivity contribution in [2.75, 3.05) is 13.2 Å². The number of amides is 2. The van der Waals surface area contributed by atoms with Gasteiger partial charge in [0.2, 0.25) is 5.91 Å². The summed E-state index contributed by atoms with van der Waals surface area (Å²) in [5.41, 5.74) is 1.97. The van der Waals surface area contributed by atoms with Crippen LogP contribution in [0.15, 0.2) is 48.5 Å². The van der Waals surface area contributed by atoms with Crippen LogP contribution >= 0.6 is 0 Å². The normalized spacial score (nSPS) is 11.6. The Morgan fingerprint density at radius 2 is 1.82 bits per heavy atom. The molecule has 0 fully saturated rings. The van der Waals surface area contributed by atoms with Gasteiger partial charge >= 0.3 is 0 Å². The maximum Gasteiger partial charge on any atom is 0.261 e. The number of rotatable bonds is 9. The molecule has 5 nitrogen and oxygen atoms in total. The fourth-order valence-electron chi connectivity index (χ4n) is 2.73. The number of para-hydroxylation sites is 1. The van der Waals surface area contributed by atoms with Crippen LogP contribution in [0.1, 0.15) is 31.4 Å². The average Bonchev–Trinajstić information content (AvgIpc) is 2.70. The van der Waals surface area contributed by atoms with Gasteiger partial charge in [-0.25, -0.2) is 4.39 Å². The molecule has 0 saturated carbocycles. The Hall–Kier alpha value is -2.89. The van der Waals surface area contributed by atoms with Gasteiger partial charge < -0.3 is 15.0 Å². The second-order valence-electron chi connectivity index (χ2n) is 6.63. The third kappa shape index (κ3) is 5.81. The predicted octanol–water partition coefficient (Wildman–Crippen LogP) is 3.46. The first kappa shape index (κ1) is 21.4.